The molecular formula is C36H43N5O6S2. The first-order chi connectivity index (χ1) is 23.5. The van der Waals surface area contributed by atoms with Crippen LogP contribution in [0.25, 0.3) is 10.2 Å². The van der Waals surface area contributed by atoms with E-state index in [-0.39, 0.29) is 31.2 Å². The highest BCUT2D eigenvalue weighted by Gasteiger charge is 2.63. The van der Waals surface area contributed by atoms with Gasteiger partial charge in [-0.3, -0.25) is 19.1 Å². The van der Waals surface area contributed by atoms with Crippen molar-refractivity contribution >= 4 is 55.0 Å². The largest absolute Gasteiger partial charge is 0.465 e. The molecule has 11 nitrogen and oxygen atoms in total. The number of hydrogen-bond donors (Lipinski definition) is 3. The van der Waals surface area contributed by atoms with E-state index in [0.29, 0.717) is 24.5 Å². The molecule has 0 spiro atoms. The van der Waals surface area contributed by atoms with Crippen LogP contribution in [0.3, 0.4) is 0 Å². The third kappa shape index (κ3) is 6.92. The molecule has 7 rings (SSSR count). The lowest BCUT2D eigenvalue weighted by atomic mass is 10.0. The second kappa shape index (κ2) is 13.1. The minimum absolute atomic E-state index is 0.161. The number of hydrogen-bond acceptors (Lipinski definition) is 9. The Bertz CT molecular complexity index is 1890. The average molecular weight is 706 g/mol. The van der Waals surface area contributed by atoms with Gasteiger partial charge in [0.05, 0.1) is 21.5 Å². The van der Waals surface area contributed by atoms with Crippen molar-refractivity contribution in [1.29, 1.82) is 0 Å². The Morgan fingerprint density at radius 2 is 1.90 bits per heavy atom. The second-order valence-corrected chi connectivity index (χ2v) is 17.4. The molecule has 0 unspecified atom stereocenters. The van der Waals surface area contributed by atoms with E-state index >= 15 is 0 Å². The quantitative estimate of drug-likeness (QED) is 0.297. The summed E-state index contributed by atoms with van der Waals surface area (Å²) in [4.78, 5) is 48.7. The Morgan fingerprint density at radius 1 is 1.10 bits per heavy atom. The number of carbonyl (C=O) groups is 3. The highest BCUT2D eigenvalue weighted by atomic mass is 32.2. The number of ether oxygens (including phenoxy) is 1. The lowest BCUT2D eigenvalue weighted by Gasteiger charge is -2.30. The van der Waals surface area contributed by atoms with Crippen molar-refractivity contribution in [3.05, 3.63) is 66.2 Å². The van der Waals surface area contributed by atoms with Gasteiger partial charge in [-0.05, 0) is 82.2 Å². The molecular weight excluding hydrogens is 663 g/mol. The predicted octanol–water partition coefficient (Wildman–Crippen LogP) is 4.83. The summed E-state index contributed by atoms with van der Waals surface area (Å²) in [6.07, 6.45) is 8.81. The molecule has 2 aromatic carbocycles. The first-order valence-electron chi connectivity index (χ1n) is 17.2. The number of nitrogens with zero attached hydrogens (tertiary/aromatic N) is 2. The minimum atomic E-state index is -3.92. The van der Waals surface area contributed by atoms with Crippen molar-refractivity contribution in [3.8, 4) is 5.19 Å². The fourth-order valence-electron chi connectivity index (χ4n) is 6.89. The molecule has 3 amide bonds. The fourth-order valence-corrected chi connectivity index (χ4v) is 9.18. The fraction of sp³-hybridized carbons (Fsp3) is 0.500. The van der Waals surface area contributed by atoms with Crippen LogP contribution in [0.4, 0.5) is 5.69 Å². The number of rotatable bonds is 7. The van der Waals surface area contributed by atoms with Crippen LogP contribution in [0.5, 0.6) is 5.19 Å². The Kier molecular flexibility index (Phi) is 8.93. The number of thiazole rings is 1. The van der Waals surface area contributed by atoms with E-state index in [1.807, 2.05) is 67.6 Å². The molecule has 5 atom stereocenters. The summed E-state index contributed by atoms with van der Waals surface area (Å²) in [5.74, 6) is -1.82. The highest BCUT2D eigenvalue weighted by Crippen LogP contribution is 2.47. The third-order valence-electron chi connectivity index (χ3n) is 10.4. The first kappa shape index (κ1) is 33.5. The van der Waals surface area contributed by atoms with E-state index in [2.05, 4.69) is 20.3 Å². The molecule has 0 bridgehead atoms. The van der Waals surface area contributed by atoms with E-state index in [1.165, 1.54) is 11.3 Å². The van der Waals surface area contributed by atoms with Gasteiger partial charge < -0.3 is 20.3 Å². The maximum atomic E-state index is 14.4. The molecule has 2 aliphatic heterocycles. The van der Waals surface area contributed by atoms with E-state index in [9.17, 15) is 22.8 Å². The van der Waals surface area contributed by atoms with Crippen LogP contribution in [0.15, 0.2) is 60.7 Å². The van der Waals surface area contributed by atoms with Gasteiger partial charge in [0, 0.05) is 18.0 Å². The number of amides is 3. The zero-order valence-electron chi connectivity index (χ0n) is 27.8. The summed E-state index contributed by atoms with van der Waals surface area (Å²) in [6, 6.07) is 14.0. The Hall–Kier alpha value is -3.97. The second-order valence-electron chi connectivity index (χ2n) is 14.2. The van der Waals surface area contributed by atoms with Crippen molar-refractivity contribution in [2.24, 2.45) is 5.92 Å². The lowest BCUT2D eigenvalue weighted by Crippen LogP contribution is -2.58. The molecule has 3 heterocycles. The maximum Gasteiger partial charge on any atom is 0.274 e. The SMILES string of the molecule is Cc1ccc2nc(O[C@@H]3C[C@H]4C(=O)N[C@]5(C(=O)NS(=O)(=O)C6(C)CC6)C[C@H]5C=CCCCCC[C@H](Nc5ccccc5)C(=O)N4C3)sc2c1. The standard InChI is InChI=1S/C36H43N5O6S2/c1-23-15-16-27-30(19-23)48-34(38-27)47-26-20-29-31(42)39-36(33(44)40-49(45,46)35(2)17-18-35)21-24(36)11-7-4-3-5-10-14-28(32(43)41(29)22-26)37-25-12-8-6-9-13-25/h6-9,11-13,15-16,19,24,26,28-29,37H,3-5,10,14,17-18,20-22H2,1-2H3,(H,39,42)(H,40,44)/t24-,26-,28+,29+,36-/m1/s1. The van der Waals surface area contributed by atoms with Crippen molar-refractivity contribution < 1.29 is 27.5 Å². The number of anilines is 1. The number of fused-ring (bicyclic) bond motifs is 3. The summed E-state index contributed by atoms with van der Waals surface area (Å²) < 4.78 is 34.8. The highest BCUT2D eigenvalue weighted by molar-refractivity contribution is 7.91. The summed E-state index contributed by atoms with van der Waals surface area (Å²) in [5.41, 5.74) is 1.31. The van der Waals surface area contributed by atoms with E-state index in [4.69, 9.17) is 4.74 Å². The number of benzene rings is 2. The molecule has 49 heavy (non-hydrogen) atoms. The third-order valence-corrected chi connectivity index (χ3v) is 13.5. The molecule has 2 aliphatic carbocycles. The van der Waals surface area contributed by atoms with E-state index in [0.717, 1.165) is 47.2 Å². The normalized spacial score (nSPS) is 28.4. The Labute approximate surface area is 290 Å². The number of aromatic nitrogens is 1. The number of allylic oxidation sites excluding steroid dienone is 1. The maximum absolute atomic E-state index is 14.4. The van der Waals surface area contributed by atoms with Gasteiger partial charge in [-0.2, -0.15) is 0 Å². The molecule has 13 heteroatoms. The molecule has 3 fully saturated rings. The van der Waals surface area contributed by atoms with E-state index in [1.54, 1.807) is 11.8 Å². The monoisotopic (exact) mass is 705 g/mol. The molecule has 0 radical (unpaired) electrons. The van der Waals surface area contributed by atoms with Gasteiger partial charge in [-0.1, -0.05) is 60.6 Å². The molecule has 2 saturated carbocycles. The molecule has 4 aliphatic rings. The van der Waals surface area contributed by atoms with Gasteiger partial charge in [0.15, 0.2) is 0 Å². The van der Waals surface area contributed by atoms with Crippen molar-refractivity contribution in [2.75, 3.05) is 11.9 Å². The Balaban J connectivity index is 1.18. The van der Waals surface area contributed by atoms with Gasteiger partial charge in [-0.25, -0.2) is 13.4 Å². The summed E-state index contributed by atoms with van der Waals surface area (Å²) >= 11 is 1.42. The predicted molar refractivity (Wildman–Crippen MR) is 189 cm³/mol. The van der Waals surface area contributed by atoms with Crippen LogP contribution in [0.2, 0.25) is 0 Å². The zero-order valence-corrected chi connectivity index (χ0v) is 29.4. The summed E-state index contributed by atoms with van der Waals surface area (Å²) in [5, 5.41) is 6.82. The molecule has 1 saturated heterocycles. The van der Waals surface area contributed by atoms with Crippen LogP contribution >= 0.6 is 11.3 Å². The number of aryl methyl sites for hydroxylation is 1. The van der Waals surface area contributed by atoms with Crippen molar-refractivity contribution in [2.45, 2.75) is 100 Å². The van der Waals surface area contributed by atoms with Gasteiger partial charge in [-0.15, -0.1) is 0 Å². The number of nitrogens with one attached hydrogen (secondary N) is 3. The smallest absolute Gasteiger partial charge is 0.274 e. The summed E-state index contributed by atoms with van der Waals surface area (Å²) in [7, 11) is -3.92. The Morgan fingerprint density at radius 3 is 2.67 bits per heavy atom. The minimum Gasteiger partial charge on any atom is -0.465 e. The molecule has 3 aromatic rings. The molecule has 260 valence electrons. The van der Waals surface area contributed by atoms with Gasteiger partial charge >= 0.3 is 0 Å². The van der Waals surface area contributed by atoms with Crippen LogP contribution in [0.1, 0.15) is 70.3 Å². The van der Waals surface area contributed by atoms with Crippen LogP contribution < -0.4 is 20.1 Å². The van der Waals surface area contributed by atoms with Crippen LogP contribution in [0, 0.1) is 12.8 Å². The van der Waals surface area contributed by atoms with Crippen molar-refractivity contribution in [3.63, 3.8) is 0 Å². The van der Waals surface area contributed by atoms with Gasteiger partial charge in [0.2, 0.25) is 21.8 Å². The number of carbonyl (C=O) groups excluding carboxylic acids is 3. The first-order valence-corrected chi connectivity index (χ1v) is 19.5. The zero-order chi connectivity index (χ0) is 34.4. The number of sulfonamides is 1. The lowest BCUT2D eigenvalue weighted by molar-refractivity contribution is -0.140. The van der Waals surface area contributed by atoms with Gasteiger partial charge in [0.25, 0.3) is 11.1 Å². The average Bonchev–Trinajstić information content (AvgIpc) is 3.88. The van der Waals surface area contributed by atoms with Gasteiger partial charge in [0.1, 0.15) is 23.7 Å². The van der Waals surface area contributed by atoms with Crippen molar-refractivity contribution in [1.82, 2.24) is 19.9 Å². The topological polar surface area (TPSA) is 147 Å². The van der Waals surface area contributed by atoms with Crippen LogP contribution in [-0.4, -0.2) is 71.0 Å². The molecule has 1 aromatic heterocycles. The van der Waals surface area contributed by atoms with E-state index < -0.39 is 50.3 Å². The number of para-hydroxylation sites is 1. The summed E-state index contributed by atoms with van der Waals surface area (Å²) in [6.45, 7) is 3.79. The van der Waals surface area contributed by atoms with Crippen LogP contribution in [-0.2, 0) is 24.4 Å². The molecule has 3 N–H and O–H groups in total.